The molecule has 0 bridgehead atoms. The summed E-state index contributed by atoms with van der Waals surface area (Å²) in [6.45, 7) is 4.42. The van der Waals surface area contributed by atoms with E-state index in [1.165, 1.54) is 16.2 Å². The van der Waals surface area contributed by atoms with Gasteiger partial charge in [-0.25, -0.2) is 0 Å². The number of thiophene rings is 1. The molecule has 0 N–H and O–H groups in total. The van der Waals surface area contributed by atoms with Gasteiger partial charge in [-0.15, -0.1) is 11.3 Å². The molecular formula is C17H22N2O2S. The van der Waals surface area contributed by atoms with Crippen LogP contribution in [0, 0.1) is 0 Å². The number of amides is 2. The summed E-state index contributed by atoms with van der Waals surface area (Å²) in [4.78, 5) is 30.1. The summed E-state index contributed by atoms with van der Waals surface area (Å²) in [7, 11) is 0. The summed E-state index contributed by atoms with van der Waals surface area (Å²) in [5, 5.41) is 1.96. The van der Waals surface area contributed by atoms with E-state index in [4.69, 9.17) is 0 Å². The molecule has 1 aromatic heterocycles. The maximum atomic E-state index is 12.8. The number of nitrogens with zero attached hydrogens (tertiary/aromatic N) is 2. The van der Waals surface area contributed by atoms with E-state index in [-0.39, 0.29) is 11.8 Å². The van der Waals surface area contributed by atoms with Gasteiger partial charge in [0, 0.05) is 24.5 Å². The van der Waals surface area contributed by atoms with Crippen molar-refractivity contribution < 1.29 is 9.59 Å². The normalized spacial score (nSPS) is 19.0. The van der Waals surface area contributed by atoms with Crippen LogP contribution in [0.5, 0.6) is 0 Å². The fraction of sp³-hybridized carbons (Fsp3) is 0.529. The van der Waals surface area contributed by atoms with Crippen molar-refractivity contribution in [2.75, 3.05) is 19.6 Å². The van der Waals surface area contributed by atoms with Crippen LogP contribution in [0.25, 0.3) is 5.57 Å². The smallest absolute Gasteiger partial charge is 0.277 e. The van der Waals surface area contributed by atoms with E-state index < -0.39 is 0 Å². The number of carbonyl (C=O) groups is 2. The number of likely N-dealkylation sites (tertiary alicyclic amines) is 1. The fourth-order valence-corrected chi connectivity index (χ4v) is 3.93. The predicted octanol–water partition coefficient (Wildman–Crippen LogP) is 3.11. The summed E-state index contributed by atoms with van der Waals surface area (Å²) in [6.07, 6.45) is 5.21. The van der Waals surface area contributed by atoms with E-state index in [1.807, 2.05) is 17.5 Å². The molecule has 1 fully saturated rings. The molecule has 0 unspecified atom stereocenters. The van der Waals surface area contributed by atoms with Crippen molar-refractivity contribution in [3.8, 4) is 0 Å². The molecular weight excluding hydrogens is 296 g/mol. The second kappa shape index (κ2) is 6.65. The molecule has 0 atom stereocenters. The van der Waals surface area contributed by atoms with E-state index >= 15 is 0 Å². The molecule has 5 heteroatoms. The molecule has 3 heterocycles. The van der Waals surface area contributed by atoms with Crippen LogP contribution in [0.3, 0.4) is 0 Å². The molecule has 1 saturated heterocycles. The lowest BCUT2D eigenvalue weighted by Crippen LogP contribution is -2.35. The molecule has 0 radical (unpaired) electrons. The van der Waals surface area contributed by atoms with Gasteiger partial charge in [0.05, 0.1) is 5.57 Å². The minimum absolute atomic E-state index is 0.0913. The van der Waals surface area contributed by atoms with Crippen LogP contribution in [0.4, 0.5) is 0 Å². The third kappa shape index (κ3) is 2.70. The van der Waals surface area contributed by atoms with Crippen LogP contribution in [0.15, 0.2) is 23.2 Å². The van der Waals surface area contributed by atoms with Gasteiger partial charge < -0.3 is 4.90 Å². The number of unbranched alkanes of at least 4 members (excludes halogenated alkanes) is 2. The molecule has 0 saturated carbocycles. The molecule has 22 heavy (non-hydrogen) atoms. The second-order valence-corrected chi connectivity index (χ2v) is 6.81. The van der Waals surface area contributed by atoms with Crippen molar-refractivity contribution in [2.24, 2.45) is 0 Å². The molecule has 3 rings (SSSR count). The van der Waals surface area contributed by atoms with Crippen molar-refractivity contribution in [2.45, 2.75) is 39.0 Å². The van der Waals surface area contributed by atoms with Crippen LogP contribution in [0.2, 0.25) is 0 Å². The average Bonchev–Trinajstić information content (AvgIpc) is 3.23. The summed E-state index contributed by atoms with van der Waals surface area (Å²) < 4.78 is 0. The minimum Gasteiger partial charge on any atom is -0.366 e. The fourth-order valence-electron chi connectivity index (χ4n) is 3.16. The SMILES string of the molecule is CCCCCN1C(=O)C(c2cccs2)=C(N2CCCC2)C1=O. The Morgan fingerprint density at radius 2 is 1.91 bits per heavy atom. The topological polar surface area (TPSA) is 40.6 Å². The Kier molecular flexibility index (Phi) is 4.62. The van der Waals surface area contributed by atoms with Gasteiger partial charge in [0.25, 0.3) is 11.8 Å². The lowest BCUT2D eigenvalue weighted by atomic mass is 10.2. The maximum Gasteiger partial charge on any atom is 0.277 e. The first kappa shape index (κ1) is 15.3. The molecule has 2 amide bonds. The molecule has 2 aliphatic rings. The Hall–Kier alpha value is -1.62. The Bertz CT molecular complexity index is 586. The van der Waals surface area contributed by atoms with Crippen LogP contribution < -0.4 is 0 Å². The lowest BCUT2D eigenvalue weighted by molar-refractivity contribution is -0.137. The Morgan fingerprint density at radius 1 is 1.14 bits per heavy atom. The highest BCUT2D eigenvalue weighted by Gasteiger charge is 2.41. The van der Waals surface area contributed by atoms with Gasteiger partial charge in [-0.1, -0.05) is 25.8 Å². The molecule has 4 nitrogen and oxygen atoms in total. The number of rotatable bonds is 6. The molecule has 118 valence electrons. The van der Waals surface area contributed by atoms with Crippen molar-refractivity contribution in [1.29, 1.82) is 0 Å². The van der Waals surface area contributed by atoms with Gasteiger partial charge in [-0.05, 0) is 30.7 Å². The molecule has 0 spiro atoms. The van der Waals surface area contributed by atoms with E-state index in [0.29, 0.717) is 17.8 Å². The second-order valence-electron chi connectivity index (χ2n) is 5.86. The zero-order valence-electron chi connectivity index (χ0n) is 13.0. The number of imide groups is 1. The first-order valence-corrected chi connectivity index (χ1v) is 9.01. The van der Waals surface area contributed by atoms with Gasteiger partial charge in [0.2, 0.25) is 0 Å². The lowest BCUT2D eigenvalue weighted by Gasteiger charge is -2.20. The van der Waals surface area contributed by atoms with Crippen molar-refractivity contribution >= 4 is 28.7 Å². The monoisotopic (exact) mass is 318 g/mol. The highest BCUT2D eigenvalue weighted by molar-refractivity contribution is 7.11. The zero-order valence-corrected chi connectivity index (χ0v) is 13.8. The molecule has 1 aromatic rings. The van der Waals surface area contributed by atoms with Gasteiger partial charge in [0.1, 0.15) is 5.70 Å². The van der Waals surface area contributed by atoms with Crippen LogP contribution in [-0.4, -0.2) is 41.2 Å². The summed E-state index contributed by atoms with van der Waals surface area (Å²) >= 11 is 1.53. The highest BCUT2D eigenvalue weighted by atomic mass is 32.1. The molecule has 0 aromatic carbocycles. The van der Waals surface area contributed by atoms with E-state index in [1.54, 1.807) is 0 Å². The number of carbonyl (C=O) groups excluding carboxylic acids is 2. The van der Waals surface area contributed by atoms with Crippen LogP contribution in [0.1, 0.15) is 43.9 Å². The molecule has 2 aliphatic heterocycles. The van der Waals surface area contributed by atoms with E-state index in [2.05, 4.69) is 11.8 Å². The Morgan fingerprint density at radius 3 is 2.55 bits per heavy atom. The summed E-state index contributed by atoms with van der Waals surface area (Å²) in [6, 6.07) is 3.88. The van der Waals surface area contributed by atoms with E-state index in [0.717, 1.165) is 50.1 Å². The van der Waals surface area contributed by atoms with E-state index in [9.17, 15) is 9.59 Å². The Labute approximate surface area is 135 Å². The molecule has 0 aliphatic carbocycles. The number of hydrogen-bond donors (Lipinski definition) is 0. The van der Waals surface area contributed by atoms with Gasteiger partial charge in [0.15, 0.2) is 0 Å². The number of hydrogen-bond acceptors (Lipinski definition) is 4. The first-order valence-electron chi connectivity index (χ1n) is 8.13. The standard InChI is InChI=1S/C17H22N2O2S/c1-2-3-4-11-19-16(20)14(13-8-7-12-22-13)15(17(19)21)18-9-5-6-10-18/h7-8,12H,2-6,9-11H2,1H3. The quantitative estimate of drug-likeness (QED) is 0.598. The first-order chi connectivity index (χ1) is 10.7. The predicted molar refractivity (Wildman–Crippen MR) is 88.3 cm³/mol. The third-order valence-electron chi connectivity index (χ3n) is 4.32. The van der Waals surface area contributed by atoms with Gasteiger partial charge >= 0.3 is 0 Å². The van der Waals surface area contributed by atoms with Crippen molar-refractivity contribution in [3.05, 3.63) is 28.1 Å². The van der Waals surface area contributed by atoms with Gasteiger partial charge in [-0.2, -0.15) is 0 Å². The maximum absolute atomic E-state index is 12.8. The van der Waals surface area contributed by atoms with Crippen molar-refractivity contribution in [3.63, 3.8) is 0 Å². The van der Waals surface area contributed by atoms with Gasteiger partial charge in [-0.3, -0.25) is 14.5 Å². The average molecular weight is 318 g/mol. The Balaban J connectivity index is 1.92. The largest absolute Gasteiger partial charge is 0.366 e. The summed E-state index contributed by atoms with van der Waals surface area (Å²) in [5.74, 6) is -0.197. The van der Waals surface area contributed by atoms with Crippen LogP contribution >= 0.6 is 11.3 Å². The summed E-state index contributed by atoms with van der Waals surface area (Å²) in [5.41, 5.74) is 1.26. The minimum atomic E-state index is -0.106. The zero-order chi connectivity index (χ0) is 15.5. The van der Waals surface area contributed by atoms with Crippen molar-refractivity contribution in [1.82, 2.24) is 9.80 Å². The van der Waals surface area contributed by atoms with Crippen LogP contribution in [-0.2, 0) is 9.59 Å². The highest BCUT2D eigenvalue weighted by Crippen LogP contribution is 2.35. The third-order valence-corrected chi connectivity index (χ3v) is 5.21.